The number of para-hydroxylation sites is 2. The number of aliphatic imine (C=N–C) groups is 2. The Morgan fingerprint density at radius 1 is 0.397 bits per heavy atom. The van der Waals surface area contributed by atoms with Gasteiger partial charge in [0.05, 0.1) is 0 Å². The minimum atomic E-state index is -0.374. The molecule has 1 aliphatic heterocycles. The third kappa shape index (κ3) is 5.25. The Labute approximate surface area is 333 Å². The summed E-state index contributed by atoms with van der Waals surface area (Å²) in [4.78, 5) is 10.6. The van der Waals surface area contributed by atoms with Gasteiger partial charge in [-0.2, -0.15) is 0 Å². The van der Waals surface area contributed by atoms with Crippen molar-refractivity contribution in [1.82, 2.24) is 5.32 Å². The highest BCUT2D eigenvalue weighted by Gasteiger charge is 2.23. The number of rotatable bonds is 5. The number of amidine groups is 2. The van der Waals surface area contributed by atoms with Gasteiger partial charge in [-0.05, 0) is 91.8 Å². The van der Waals surface area contributed by atoms with E-state index in [9.17, 15) is 0 Å². The van der Waals surface area contributed by atoms with Crippen LogP contribution >= 0.6 is 0 Å². The summed E-state index contributed by atoms with van der Waals surface area (Å²) in [5.41, 5.74) is 11.1. The lowest BCUT2D eigenvalue weighted by molar-refractivity contribution is 0.668. The van der Waals surface area contributed by atoms with Crippen LogP contribution in [0.4, 0.5) is 0 Å². The van der Waals surface area contributed by atoms with Crippen LogP contribution in [0.15, 0.2) is 207 Å². The van der Waals surface area contributed by atoms with Crippen molar-refractivity contribution in [2.75, 3.05) is 0 Å². The fourth-order valence-electron chi connectivity index (χ4n) is 8.76. The monoisotopic (exact) mass is 743 g/mol. The van der Waals surface area contributed by atoms with Crippen molar-refractivity contribution in [1.29, 1.82) is 0 Å². The fraction of sp³-hybridized carbons (Fsp3) is 0.0189. The molecule has 0 aliphatic carbocycles. The van der Waals surface area contributed by atoms with E-state index in [1.165, 1.54) is 0 Å². The predicted molar refractivity (Wildman–Crippen MR) is 239 cm³/mol. The van der Waals surface area contributed by atoms with Gasteiger partial charge in [0.15, 0.2) is 5.84 Å². The van der Waals surface area contributed by atoms with Gasteiger partial charge < -0.3 is 14.2 Å². The second kappa shape index (κ2) is 12.9. The topological polar surface area (TPSA) is 63.0 Å². The molecule has 58 heavy (non-hydrogen) atoms. The van der Waals surface area contributed by atoms with E-state index in [2.05, 4.69) is 163 Å². The zero-order valence-electron chi connectivity index (χ0n) is 31.2. The molecule has 0 saturated carbocycles. The van der Waals surface area contributed by atoms with Crippen LogP contribution in [0.3, 0.4) is 0 Å². The van der Waals surface area contributed by atoms with Gasteiger partial charge in [-0.3, -0.25) is 0 Å². The number of furan rings is 2. The van der Waals surface area contributed by atoms with Crippen LogP contribution in [0.1, 0.15) is 22.9 Å². The molecule has 0 radical (unpaired) electrons. The summed E-state index contributed by atoms with van der Waals surface area (Å²) in [5, 5.41) is 12.7. The first-order valence-electron chi connectivity index (χ1n) is 19.6. The van der Waals surface area contributed by atoms with E-state index in [0.717, 1.165) is 110 Å². The molecule has 2 aromatic heterocycles. The van der Waals surface area contributed by atoms with E-state index in [0.29, 0.717) is 5.84 Å². The van der Waals surface area contributed by atoms with Gasteiger partial charge in [0.1, 0.15) is 34.3 Å². The summed E-state index contributed by atoms with van der Waals surface area (Å²) >= 11 is 0. The molecule has 0 fully saturated rings. The van der Waals surface area contributed by atoms with Crippen molar-refractivity contribution in [3.05, 3.63) is 205 Å². The van der Waals surface area contributed by atoms with Gasteiger partial charge >= 0.3 is 0 Å². The lowest BCUT2D eigenvalue weighted by Gasteiger charge is -2.24. The molecular formula is C53H33N3O2. The largest absolute Gasteiger partial charge is 0.456 e. The molecule has 12 rings (SSSR count). The number of hydrogen-bond donors (Lipinski definition) is 1. The molecule has 1 atom stereocenters. The average molecular weight is 744 g/mol. The maximum atomic E-state index is 6.28. The molecule has 1 aliphatic rings. The highest BCUT2D eigenvalue weighted by Crippen LogP contribution is 2.40. The van der Waals surface area contributed by atoms with Crippen LogP contribution in [0.25, 0.3) is 87.7 Å². The normalized spacial score (nSPS) is 14.4. The van der Waals surface area contributed by atoms with Crippen molar-refractivity contribution in [2.45, 2.75) is 6.17 Å². The Hall–Kier alpha value is -7.76. The van der Waals surface area contributed by atoms with Gasteiger partial charge in [0.25, 0.3) is 0 Å². The summed E-state index contributed by atoms with van der Waals surface area (Å²) in [6.07, 6.45) is -0.374. The Morgan fingerprint density at radius 2 is 1.07 bits per heavy atom. The number of nitrogens with zero attached hydrogens (tertiary/aromatic N) is 2. The second-order valence-electron chi connectivity index (χ2n) is 14.9. The first-order chi connectivity index (χ1) is 28.7. The average Bonchev–Trinajstić information content (AvgIpc) is 3.88. The summed E-state index contributed by atoms with van der Waals surface area (Å²) < 4.78 is 12.5. The molecule has 0 saturated heterocycles. The molecule has 3 heterocycles. The maximum Gasteiger partial charge on any atom is 0.159 e. The zero-order valence-corrected chi connectivity index (χ0v) is 31.2. The molecule has 9 aromatic carbocycles. The second-order valence-corrected chi connectivity index (χ2v) is 14.9. The third-order valence-corrected chi connectivity index (χ3v) is 11.5. The standard InChI is InChI=1S/C53H33N3O2/c1-2-11-32(12-3-1)34-13-8-15-36(29-34)51-54-52(56-53(55-51)38-24-23-33-26-28-48-50(44(33)31-38)43-17-5-7-21-46(43)58-48)37-25-27-39-35(30-37)14-9-18-40(39)41-19-10-22-47-49(41)42-16-4-6-20-45(42)57-47/h1-31,51H,(H,54,55,56). The summed E-state index contributed by atoms with van der Waals surface area (Å²) in [6, 6.07) is 65.8. The summed E-state index contributed by atoms with van der Waals surface area (Å²) in [6.45, 7) is 0. The van der Waals surface area contributed by atoms with E-state index in [1.54, 1.807) is 0 Å². The van der Waals surface area contributed by atoms with Crippen molar-refractivity contribution < 1.29 is 8.83 Å². The SMILES string of the molecule is c1ccc(-c2cccc(C3N=C(c4ccc5ccc6oc7ccccc7c6c5c4)N=C(c4ccc5c(-c6cccc7oc8ccccc8c67)cccc5c4)N3)c2)cc1. The van der Waals surface area contributed by atoms with E-state index in [1.807, 2.05) is 30.3 Å². The van der Waals surface area contributed by atoms with Crippen LogP contribution in [0.2, 0.25) is 0 Å². The molecule has 1 N–H and O–H groups in total. The van der Waals surface area contributed by atoms with E-state index < -0.39 is 0 Å². The Kier molecular flexibility index (Phi) is 7.23. The van der Waals surface area contributed by atoms with Crippen molar-refractivity contribution in [3.63, 3.8) is 0 Å². The van der Waals surface area contributed by atoms with Crippen LogP contribution < -0.4 is 5.32 Å². The predicted octanol–water partition coefficient (Wildman–Crippen LogP) is 13.6. The maximum absolute atomic E-state index is 6.28. The third-order valence-electron chi connectivity index (χ3n) is 11.5. The number of benzene rings is 9. The molecule has 5 heteroatoms. The molecule has 0 amide bonds. The minimum absolute atomic E-state index is 0.374. The lowest BCUT2D eigenvalue weighted by atomic mass is 9.93. The van der Waals surface area contributed by atoms with E-state index in [4.69, 9.17) is 18.8 Å². The van der Waals surface area contributed by atoms with Gasteiger partial charge in [-0.25, -0.2) is 9.98 Å². The van der Waals surface area contributed by atoms with Crippen LogP contribution in [-0.4, -0.2) is 11.7 Å². The smallest absolute Gasteiger partial charge is 0.159 e. The van der Waals surface area contributed by atoms with E-state index in [-0.39, 0.29) is 6.17 Å². The molecular weight excluding hydrogens is 711 g/mol. The molecule has 0 spiro atoms. The van der Waals surface area contributed by atoms with Crippen LogP contribution in [0.5, 0.6) is 0 Å². The van der Waals surface area contributed by atoms with Gasteiger partial charge in [0.2, 0.25) is 0 Å². The molecule has 0 bridgehead atoms. The van der Waals surface area contributed by atoms with Crippen molar-refractivity contribution in [2.24, 2.45) is 9.98 Å². The number of hydrogen-bond acceptors (Lipinski definition) is 5. The van der Waals surface area contributed by atoms with Crippen molar-refractivity contribution >= 4 is 77.1 Å². The highest BCUT2D eigenvalue weighted by molar-refractivity contribution is 6.21. The van der Waals surface area contributed by atoms with Gasteiger partial charge in [-0.15, -0.1) is 0 Å². The van der Waals surface area contributed by atoms with Crippen molar-refractivity contribution in [3.8, 4) is 22.3 Å². The first kappa shape index (κ1) is 32.5. The van der Waals surface area contributed by atoms with E-state index >= 15 is 0 Å². The van der Waals surface area contributed by atoms with Crippen LogP contribution in [-0.2, 0) is 0 Å². The van der Waals surface area contributed by atoms with Crippen LogP contribution in [0, 0.1) is 0 Å². The number of nitrogens with one attached hydrogen (secondary N) is 1. The minimum Gasteiger partial charge on any atom is -0.456 e. The molecule has 272 valence electrons. The highest BCUT2D eigenvalue weighted by atomic mass is 16.3. The molecule has 1 unspecified atom stereocenters. The first-order valence-corrected chi connectivity index (χ1v) is 19.6. The Bertz CT molecular complexity index is 3500. The molecule has 5 nitrogen and oxygen atoms in total. The Morgan fingerprint density at radius 3 is 1.93 bits per heavy atom. The number of fused-ring (bicyclic) bond motifs is 9. The van der Waals surface area contributed by atoms with Gasteiger partial charge in [0, 0.05) is 32.7 Å². The van der Waals surface area contributed by atoms with Gasteiger partial charge in [-0.1, -0.05) is 146 Å². The Balaban J connectivity index is 1.01. The fourth-order valence-corrected chi connectivity index (χ4v) is 8.76. The summed E-state index contributed by atoms with van der Waals surface area (Å²) in [7, 11) is 0. The summed E-state index contributed by atoms with van der Waals surface area (Å²) in [5.74, 6) is 1.44. The molecule has 11 aromatic rings. The quantitative estimate of drug-likeness (QED) is 0.191. The zero-order chi connectivity index (χ0) is 38.2. The lowest BCUT2D eigenvalue weighted by Crippen LogP contribution is -2.33.